The standard InChI is InChI=1S/C14H15FN4O2/c1-10-8-13(20)19(9-17-10)7-6-16-14(21)18-12-5-3-2-4-11(12)15/h2-5,8-9H,6-7H2,1H3,(H2,16,18,21). The van der Waals surface area contributed by atoms with E-state index in [1.807, 2.05) is 0 Å². The SMILES string of the molecule is Cc1cc(=O)n(CCNC(=O)Nc2ccccc2F)cn1. The third-order valence-corrected chi connectivity index (χ3v) is 2.78. The van der Waals surface area contributed by atoms with Crippen LogP contribution < -0.4 is 16.2 Å². The molecule has 0 aliphatic heterocycles. The van der Waals surface area contributed by atoms with Crippen molar-refractivity contribution in [3.8, 4) is 0 Å². The summed E-state index contributed by atoms with van der Waals surface area (Å²) in [7, 11) is 0. The summed E-state index contributed by atoms with van der Waals surface area (Å²) in [4.78, 5) is 27.2. The Morgan fingerprint density at radius 3 is 2.86 bits per heavy atom. The molecule has 7 heteroatoms. The van der Waals surface area contributed by atoms with Gasteiger partial charge in [-0.3, -0.25) is 9.36 Å². The average Bonchev–Trinajstić information content (AvgIpc) is 2.44. The fraction of sp³-hybridized carbons (Fsp3) is 0.214. The molecule has 0 aliphatic carbocycles. The number of carbonyl (C=O) groups excluding carboxylic acids is 1. The van der Waals surface area contributed by atoms with Crippen LogP contribution in [0, 0.1) is 12.7 Å². The van der Waals surface area contributed by atoms with Gasteiger partial charge in [0, 0.05) is 24.8 Å². The molecule has 1 aromatic heterocycles. The third kappa shape index (κ3) is 4.13. The number of benzene rings is 1. The summed E-state index contributed by atoms with van der Waals surface area (Å²) in [5.74, 6) is -0.508. The topological polar surface area (TPSA) is 76.0 Å². The normalized spacial score (nSPS) is 10.2. The van der Waals surface area contributed by atoms with E-state index in [2.05, 4.69) is 15.6 Å². The number of rotatable bonds is 4. The van der Waals surface area contributed by atoms with Crippen molar-refractivity contribution in [1.82, 2.24) is 14.9 Å². The van der Waals surface area contributed by atoms with E-state index < -0.39 is 11.8 Å². The van der Waals surface area contributed by atoms with Crippen LogP contribution in [0.1, 0.15) is 5.69 Å². The fourth-order valence-corrected chi connectivity index (χ4v) is 1.70. The second-order valence-electron chi connectivity index (χ2n) is 4.42. The van der Waals surface area contributed by atoms with Crippen LogP contribution in [0.3, 0.4) is 0 Å². The minimum Gasteiger partial charge on any atom is -0.336 e. The molecule has 110 valence electrons. The Morgan fingerprint density at radius 2 is 2.14 bits per heavy atom. The summed E-state index contributed by atoms with van der Waals surface area (Å²) in [6.45, 7) is 2.24. The number of urea groups is 1. The van der Waals surface area contributed by atoms with Gasteiger partial charge in [0.05, 0.1) is 12.0 Å². The van der Waals surface area contributed by atoms with E-state index in [0.29, 0.717) is 5.69 Å². The lowest BCUT2D eigenvalue weighted by molar-refractivity contribution is 0.251. The van der Waals surface area contributed by atoms with Crippen LogP contribution in [0.4, 0.5) is 14.9 Å². The lowest BCUT2D eigenvalue weighted by atomic mass is 10.3. The van der Waals surface area contributed by atoms with Crippen molar-refractivity contribution in [2.45, 2.75) is 13.5 Å². The molecule has 0 atom stereocenters. The number of halogens is 1. The highest BCUT2D eigenvalue weighted by molar-refractivity contribution is 5.89. The van der Waals surface area contributed by atoms with Crippen LogP contribution in [0.2, 0.25) is 0 Å². The van der Waals surface area contributed by atoms with Gasteiger partial charge in [-0.2, -0.15) is 0 Å². The molecule has 0 fully saturated rings. The summed E-state index contributed by atoms with van der Waals surface area (Å²) >= 11 is 0. The predicted octanol–water partition coefficient (Wildman–Crippen LogP) is 1.51. The third-order valence-electron chi connectivity index (χ3n) is 2.78. The number of hydrogen-bond acceptors (Lipinski definition) is 3. The van der Waals surface area contributed by atoms with Gasteiger partial charge in [0.2, 0.25) is 0 Å². The molecule has 6 nitrogen and oxygen atoms in total. The van der Waals surface area contributed by atoms with Crippen LogP contribution in [-0.2, 0) is 6.54 Å². The van der Waals surface area contributed by atoms with Gasteiger partial charge in [0.1, 0.15) is 5.82 Å². The fourth-order valence-electron chi connectivity index (χ4n) is 1.70. The number of amides is 2. The minimum atomic E-state index is -0.534. The molecule has 0 saturated heterocycles. The first-order valence-corrected chi connectivity index (χ1v) is 6.39. The first kappa shape index (κ1) is 14.7. The van der Waals surface area contributed by atoms with Gasteiger partial charge in [0.15, 0.2) is 0 Å². The van der Waals surface area contributed by atoms with E-state index in [1.54, 1.807) is 13.0 Å². The van der Waals surface area contributed by atoms with E-state index in [9.17, 15) is 14.0 Å². The second kappa shape index (κ2) is 6.65. The lowest BCUT2D eigenvalue weighted by Crippen LogP contribution is -2.33. The second-order valence-corrected chi connectivity index (χ2v) is 4.42. The van der Waals surface area contributed by atoms with E-state index in [1.165, 1.54) is 35.2 Å². The van der Waals surface area contributed by atoms with Crippen LogP contribution in [0.5, 0.6) is 0 Å². The number of aryl methyl sites for hydroxylation is 1. The molecule has 2 rings (SSSR count). The minimum absolute atomic E-state index is 0.101. The van der Waals surface area contributed by atoms with E-state index in [4.69, 9.17) is 0 Å². The molecule has 2 N–H and O–H groups in total. The van der Waals surface area contributed by atoms with Gasteiger partial charge in [-0.1, -0.05) is 12.1 Å². The zero-order valence-corrected chi connectivity index (χ0v) is 11.5. The predicted molar refractivity (Wildman–Crippen MR) is 76.7 cm³/mol. The maximum atomic E-state index is 13.3. The largest absolute Gasteiger partial charge is 0.336 e. The van der Waals surface area contributed by atoms with Crippen molar-refractivity contribution in [3.05, 3.63) is 58.5 Å². The highest BCUT2D eigenvalue weighted by Crippen LogP contribution is 2.11. The Morgan fingerprint density at radius 1 is 1.38 bits per heavy atom. The molecular weight excluding hydrogens is 275 g/mol. The van der Waals surface area contributed by atoms with Crippen LogP contribution in [0.25, 0.3) is 0 Å². The summed E-state index contributed by atoms with van der Waals surface area (Å²) in [5.41, 5.74) is 0.560. The van der Waals surface area contributed by atoms with Gasteiger partial charge in [0.25, 0.3) is 5.56 Å². The van der Waals surface area contributed by atoms with Crippen molar-refractivity contribution in [2.75, 3.05) is 11.9 Å². The maximum absolute atomic E-state index is 13.3. The zero-order chi connectivity index (χ0) is 15.2. The Balaban J connectivity index is 1.85. The number of hydrogen-bond donors (Lipinski definition) is 2. The van der Waals surface area contributed by atoms with Crippen LogP contribution in [-0.4, -0.2) is 22.1 Å². The number of nitrogens with one attached hydrogen (secondary N) is 2. The quantitative estimate of drug-likeness (QED) is 0.896. The number of para-hydroxylation sites is 1. The van der Waals surface area contributed by atoms with Crippen LogP contribution in [0.15, 0.2) is 41.5 Å². The summed E-state index contributed by atoms with van der Waals surface area (Å²) in [6, 6.07) is 6.76. The zero-order valence-electron chi connectivity index (χ0n) is 11.5. The molecule has 2 aromatic rings. The number of nitrogens with zero attached hydrogens (tertiary/aromatic N) is 2. The van der Waals surface area contributed by atoms with E-state index in [-0.39, 0.29) is 24.3 Å². The molecule has 21 heavy (non-hydrogen) atoms. The van der Waals surface area contributed by atoms with E-state index >= 15 is 0 Å². The molecule has 0 radical (unpaired) electrons. The monoisotopic (exact) mass is 290 g/mol. The summed E-state index contributed by atoms with van der Waals surface area (Å²) in [5, 5.41) is 4.94. The summed E-state index contributed by atoms with van der Waals surface area (Å²) < 4.78 is 14.7. The lowest BCUT2D eigenvalue weighted by Gasteiger charge is -2.09. The van der Waals surface area contributed by atoms with Gasteiger partial charge in [-0.05, 0) is 19.1 Å². The molecule has 1 heterocycles. The molecule has 1 aromatic carbocycles. The van der Waals surface area contributed by atoms with Gasteiger partial charge in [-0.15, -0.1) is 0 Å². The average molecular weight is 290 g/mol. The Labute approximate surface area is 120 Å². The van der Waals surface area contributed by atoms with Crippen molar-refractivity contribution in [3.63, 3.8) is 0 Å². The molecule has 0 unspecified atom stereocenters. The number of anilines is 1. The highest BCUT2D eigenvalue weighted by Gasteiger charge is 2.05. The molecule has 0 bridgehead atoms. The van der Waals surface area contributed by atoms with Gasteiger partial charge < -0.3 is 10.6 Å². The van der Waals surface area contributed by atoms with Crippen molar-refractivity contribution >= 4 is 11.7 Å². The molecule has 0 aliphatic rings. The Hall–Kier alpha value is -2.70. The van der Waals surface area contributed by atoms with Gasteiger partial charge >= 0.3 is 6.03 Å². The Kier molecular flexibility index (Phi) is 4.65. The molecule has 0 spiro atoms. The Bertz CT molecular complexity index is 699. The van der Waals surface area contributed by atoms with Crippen LogP contribution >= 0.6 is 0 Å². The smallest absolute Gasteiger partial charge is 0.319 e. The van der Waals surface area contributed by atoms with Crippen molar-refractivity contribution < 1.29 is 9.18 Å². The van der Waals surface area contributed by atoms with Crippen molar-refractivity contribution in [2.24, 2.45) is 0 Å². The first-order valence-electron chi connectivity index (χ1n) is 6.39. The summed E-state index contributed by atoms with van der Waals surface area (Å²) in [6.07, 6.45) is 1.42. The first-order chi connectivity index (χ1) is 10.1. The molecular formula is C14H15FN4O2. The maximum Gasteiger partial charge on any atom is 0.319 e. The molecule has 2 amide bonds. The van der Waals surface area contributed by atoms with Gasteiger partial charge in [-0.25, -0.2) is 14.2 Å². The highest BCUT2D eigenvalue weighted by atomic mass is 19.1. The molecule has 0 saturated carbocycles. The van der Waals surface area contributed by atoms with E-state index in [0.717, 1.165) is 0 Å². The number of aromatic nitrogens is 2. The van der Waals surface area contributed by atoms with Crippen molar-refractivity contribution in [1.29, 1.82) is 0 Å². The number of carbonyl (C=O) groups is 1.